The number of sulfonamides is 1. The Kier molecular flexibility index (Phi) is 4.39. The van der Waals surface area contributed by atoms with Gasteiger partial charge in [-0.1, -0.05) is 0 Å². The molecule has 9 heteroatoms. The van der Waals surface area contributed by atoms with E-state index in [0.29, 0.717) is 17.2 Å². The SMILES string of the molecule is O=c1ccc(-c2ccc(S(=O)(=O)NC[C@H]3CCCO3)s2)n[nH]1. The molecule has 3 rings (SSSR count). The smallest absolute Gasteiger partial charge is 0.264 e. The Morgan fingerprint density at radius 2 is 2.23 bits per heavy atom. The van der Waals surface area contributed by atoms with Crippen LogP contribution < -0.4 is 10.3 Å². The zero-order valence-electron chi connectivity index (χ0n) is 11.6. The molecule has 1 saturated heterocycles. The number of aromatic nitrogens is 2. The molecule has 0 aromatic carbocycles. The van der Waals surface area contributed by atoms with Crippen molar-refractivity contribution in [1.82, 2.24) is 14.9 Å². The Labute approximate surface area is 131 Å². The molecule has 0 amide bonds. The first-order chi connectivity index (χ1) is 10.5. The molecule has 7 nitrogen and oxygen atoms in total. The quantitative estimate of drug-likeness (QED) is 0.843. The molecule has 2 aromatic rings. The Hall–Kier alpha value is -1.55. The fourth-order valence-electron chi connectivity index (χ4n) is 2.16. The molecule has 2 aromatic heterocycles. The minimum absolute atomic E-state index is 0.0462. The molecule has 0 spiro atoms. The molecule has 1 fully saturated rings. The first-order valence-corrected chi connectivity index (χ1v) is 9.12. The van der Waals surface area contributed by atoms with Gasteiger partial charge in [0.05, 0.1) is 11.0 Å². The Bertz CT molecular complexity index is 786. The average Bonchev–Trinajstić information content (AvgIpc) is 3.18. The summed E-state index contributed by atoms with van der Waals surface area (Å²) in [4.78, 5) is 11.7. The van der Waals surface area contributed by atoms with E-state index >= 15 is 0 Å². The van der Waals surface area contributed by atoms with Crippen molar-refractivity contribution in [3.63, 3.8) is 0 Å². The van der Waals surface area contributed by atoms with Gasteiger partial charge in [0.2, 0.25) is 10.0 Å². The second-order valence-corrected chi connectivity index (χ2v) is 7.99. The third-order valence-corrected chi connectivity index (χ3v) is 6.33. The van der Waals surface area contributed by atoms with E-state index in [1.165, 1.54) is 12.1 Å². The molecule has 2 N–H and O–H groups in total. The van der Waals surface area contributed by atoms with Crippen molar-refractivity contribution in [2.75, 3.05) is 13.2 Å². The third kappa shape index (κ3) is 3.43. The van der Waals surface area contributed by atoms with Crippen LogP contribution in [0.5, 0.6) is 0 Å². The molecular weight excluding hydrogens is 326 g/mol. The van der Waals surface area contributed by atoms with E-state index in [1.54, 1.807) is 12.1 Å². The van der Waals surface area contributed by atoms with Crippen LogP contribution in [0.3, 0.4) is 0 Å². The molecule has 1 atom stereocenters. The first-order valence-electron chi connectivity index (χ1n) is 6.82. The maximum atomic E-state index is 12.3. The minimum atomic E-state index is -3.55. The lowest BCUT2D eigenvalue weighted by Gasteiger charge is -2.10. The summed E-state index contributed by atoms with van der Waals surface area (Å²) in [6.45, 7) is 0.972. The predicted molar refractivity (Wildman–Crippen MR) is 82.3 cm³/mol. The zero-order valence-corrected chi connectivity index (χ0v) is 13.2. The molecule has 0 aliphatic carbocycles. The second kappa shape index (κ2) is 6.29. The molecule has 0 radical (unpaired) electrons. The van der Waals surface area contributed by atoms with Gasteiger partial charge >= 0.3 is 0 Å². The van der Waals surface area contributed by atoms with Gasteiger partial charge in [0.25, 0.3) is 5.56 Å². The van der Waals surface area contributed by atoms with Crippen molar-refractivity contribution in [2.45, 2.75) is 23.2 Å². The molecule has 118 valence electrons. The van der Waals surface area contributed by atoms with Crippen LogP contribution in [0.25, 0.3) is 10.6 Å². The maximum Gasteiger partial charge on any atom is 0.264 e. The minimum Gasteiger partial charge on any atom is -0.377 e. The van der Waals surface area contributed by atoms with Crippen LogP contribution in [0, 0.1) is 0 Å². The van der Waals surface area contributed by atoms with Crippen LogP contribution in [0.2, 0.25) is 0 Å². The Morgan fingerprint density at radius 1 is 1.36 bits per heavy atom. The van der Waals surface area contributed by atoms with Crippen LogP contribution in [0.15, 0.2) is 33.3 Å². The van der Waals surface area contributed by atoms with Gasteiger partial charge in [-0.05, 0) is 31.0 Å². The zero-order chi connectivity index (χ0) is 15.6. The summed E-state index contributed by atoms with van der Waals surface area (Å²) in [5.41, 5.74) is 0.233. The van der Waals surface area contributed by atoms with Gasteiger partial charge in [0.15, 0.2) is 0 Å². The summed E-state index contributed by atoms with van der Waals surface area (Å²) in [5.74, 6) is 0. The number of hydrogen-bond donors (Lipinski definition) is 2. The maximum absolute atomic E-state index is 12.3. The summed E-state index contributed by atoms with van der Waals surface area (Å²) in [7, 11) is -3.55. The number of thiophene rings is 1. The highest BCUT2D eigenvalue weighted by Crippen LogP contribution is 2.28. The van der Waals surface area contributed by atoms with Crippen LogP contribution >= 0.6 is 11.3 Å². The lowest BCUT2D eigenvalue weighted by atomic mass is 10.2. The van der Waals surface area contributed by atoms with Crippen molar-refractivity contribution in [3.8, 4) is 10.6 Å². The number of nitrogens with one attached hydrogen (secondary N) is 2. The van der Waals surface area contributed by atoms with Gasteiger partial charge in [0, 0.05) is 19.2 Å². The second-order valence-electron chi connectivity index (χ2n) is 4.91. The standard InChI is InChI=1S/C13H15N3O4S2/c17-12-5-3-10(15-16-12)11-4-6-13(21-11)22(18,19)14-8-9-2-1-7-20-9/h3-6,9,14H,1-2,7-8H2,(H,16,17)/t9-/m1/s1. The summed E-state index contributed by atoms with van der Waals surface area (Å²) in [5, 5.41) is 6.22. The van der Waals surface area contributed by atoms with E-state index in [-0.39, 0.29) is 22.4 Å². The molecule has 1 aliphatic rings. The molecule has 0 unspecified atom stereocenters. The van der Waals surface area contributed by atoms with Crippen molar-refractivity contribution in [1.29, 1.82) is 0 Å². The highest BCUT2D eigenvalue weighted by atomic mass is 32.2. The summed E-state index contributed by atoms with van der Waals surface area (Å²) < 4.78 is 32.7. The van der Waals surface area contributed by atoms with Crippen LogP contribution in [-0.2, 0) is 14.8 Å². The van der Waals surface area contributed by atoms with E-state index < -0.39 is 10.0 Å². The molecule has 0 saturated carbocycles. The van der Waals surface area contributed by atoms with E-state index in [1.807, 2.05) is 0 Å². The number of hydrogen-bond acceptors (Lipinski definition) is 6. The van der Waals surface area contributed by atoms with Gasteiger partial charge in [-0.15, -0.1) is 11.3 Å². The van der Waals surface area contributed by atoms with Crippen LogP contribution in [-0.4, -0.2) is 37.9 Å². The highest BCUT2D eigenvalue weighted by Gasteiger charge is 2.21. The molecule has 22 heavy (non-hydrogen) atoms. The topological polar surface area (TPSA) is 101 Å². The van der Waals surface area contributed by atoms with Crippen molar-refractivity contribution in [2.24, 2.45) is 0 Å². The summed E-state index contributed by atoms with van der Waals surface area (Å²) in [6.07, 6.45) is 1.79. The highest BCUT2D eigenvalue weighted by molar-refractivity contribution is 7.91. The van der Waals surface area contributed by atoms with Crippen LogP contribution in [0.4, 0.5) is 0 Å². The molecule has 1 aliphatic heterocycles. The largest absolute Gasteiger partial charge is 0.377 e. The number of ether oxygens (including phenoxy) is 1. The van der Waals surface area contributed by atoms with Crippen molar-refractivity contribution in [3.05, 3.63) is 34.6 Å². The Morgan fingerprint density at radius 3 is 2.91 bits per heavy atom. The van der Waals surface area contributed by atoms with Gasteiger partial charge < -0.3 is 4.74 Å². The van der Waals surface area contributed by atoms with E-state index in [4.69, 9.17) is 4.74 Å². The van der Waals surface area contributed by atoms with E-state index in [9.17, 15) is 13.2 Å². The number of H-pyrrole nitrogens is 1. The van der Waals surface area contributed by atoms with E-state index in [2.05, 4.69) is 14.9 Å². The first kappa shape index (κ1) is 15.3. The number of rotatable bonds is 5. The van der Waals surface area contributed by atoms with Crippen molar-refractivity contribution < 1.29 is 13.2 Å². The molecule has 3 heterocycles. The van der Waals surface area contributed by atoms with Gasteiger partial charge in [-0.2, -0.15) is 5.10 Å². The third-order valence-electron chi connectivity index (χ3n) is 3.30. The fraction of sp³-hybridized carbons (Fsp3) is 0.385. The normalized spacial score (nSPS) is 18.6. The monoisotopic (exact) mass is 341 g/mol. The number of aromatic amines is 1. The average molecular weight is 341 g/mol. The van der Waals surface area contributed by atoms with Gasteiger partial charge in [-0.3, -0.25) is 4.79 Å². The van der Waals surface area contributed by atoms with Crippen LogP contribution in [0.1, 0.15) is 12.8 Å². The number of nitrogens with zero attached hydrogens (tertiary/aromatic N) is 1. The summed E-state index contributed by atoms with van der Waals surface area (Å²) in [6, 6.07) is 6.11. The predicted octanol–water partition coefficient (Wildman–Crippen LogP) is 0.956. The van der Waals surface area contributed by atoms with Gasteiger partial charge in [0.1, 0.15) is 9.90 Å². The summed E-state index contributed by atoms with van der Waals surface area (Å²) >= 11 is 1.11. The Balaban J connectivity index is 1.74. The molecular formula is C13H15N3O4S2. The van der Waals surface area contributed by atoms with Gasteiger partial charge in [-0.25, -0.2) is 18.2 Å². The molecule has 0 bridgehead atoms. The lowest BCUT2D eigenvalue weighted by Crippen LogP contribution is -2.31. The van der Waals surface area contributed by atoms with E-state index in [0.717, 1.165) is 24.2 Å². The fourth-order valence-corrected chi connectivity index (χ4v) is 4.55. The van der Waals surface area contributed by atoms with Crippen molar-refractivity contribution >= 4 is 21.4 Å². The lowest BCUT2D eigenvalue weighted by molar-refractivity contribution is 0.114.